The summed E-state index contributed by atoms with van der Waals surface area (Å²) in [6.45, 7) is 4.01. The Hall–Kier alpha value is -0.390. The van der Waals surface area contributed by atoms with Gasteiger partial charge in [-0.25, -0.2) is 13.1 Å². The number of hydrogen-bond acceptors (Lipinski definition) is 2. The van der Waals surface area contributed by atoms with Crippen LogP contribution in [0.5, 0.6) is 0 Å². The highest BCUT2D eigenvalue weighted by Crippen LogP contribution is 2.28. The lowest BCUT2D eigenvalue weighted by molar-refractivity contribution is 0.301. The molecule has 2 rings (SSSR count). The molecule has 112 valence electrons. The van der Waals surface area contributed by atoms with E-state index in [4.69, 9.17) is 0 Å². The summed E-state index contributed by atoms with van der Waals surface area (Å²) in [4.78, 5) is 0.380. The number of rotatable bonds is 4. The molecule has 1 saturated carbocycles. The molecule has 0 amide bonds. The van der Waals surface area contributed by atoms with Gasteiger partial charge in [-0.2, -0.15) is 0 Å². The molecule has 3 nitrogen and oxygen atoms in total. The molecule has 0 heterocycles. The van der Waals surface area contributed by atoms with Gasteiger partial charge >= 0.3 is 0 Å². The first kappa shape index (κ1) is 16.0. The summed E-state index contributed by atoms with van der Waals surface area (Å²) in [5.41, 5.74) is 0.781. The Bertz CT molecular complexity index is 571. The van der Waals surface area contributed by atoms with Crippen molar-refractivity contribution in [2.45, 2.75) is 56.9 Å². The fourth-order valence-electron chi connectivity index (χ4n) is 2.92. The standard InChI is InChI=1S/C15H22BrNO2S/c1-3-12-5-4-6-14(9-12)17-20(18,19)15-10-13(16)8-7-11(15)2/h7-8,10,12,14,17H,3-6,9H2,1-2H3. The molecule has 20 heavy (non-hydrogen) atoms. The SMILES string of the molecule is CCC1CCCC(NS(=O)(=O)c2cc(Br)ccc2C)C1. The van der Waals surface area contributed by atoms with Gasteiger partial charge in [-0.1, -0.05) is 48.2 Å². The minimum Gasteiger partial charge on any atom is -0.208 e. The normalized spacial score (nSPS) is 23.8. The average Bonchev–Trinajstić information content (AvgIpc) is 2.41. The van der Waals surface area contributed by atoms with E-state index in [2.05, 4.69) is 27.6 Å². The smallest absolute Gasteiger partial charge is 0.208 e. The molecule has 0 aliphatic heterocycles. The van der Waals surface area contributed by atoms with E-state index in [0.29, 0.717) is 10.8 Å². The van der Waals surface area contributed by atoms with Crippen LogP contribution in [0.15, 0.2) is 27.6 Å². The fourth-order valence-corrected chi connectivity index (χ4v) is 4.98. The molecule has 1 aliphatic rings. The molecule has 2 atom stereocenters. The first-order valence-electron chi connectivity index (χ1n) is 7.21. The largest absolute Gasteiger partial charge is 0.241 e. The van der Waals surface area contributed by atoms with Crippen LogP contribution >= 0.6 is 15.9 Å². The van der Waals surface area contributed by atoms with E-state index in [-0.39, 0.29) is 6.04 Å². The minimum absolute atomic E-state index is 0.0806. The van der Waals surface area contributed by atoms with Gasteiger partial charge in [0.15, 0.2) is 0 Å². The molecule has 1 aromatic rings. The number of halogens is 1. The molecule has 1 fully saturated rings. The highest BCUT2D eigenvalue weighted by molar-refractivity contribution is 9.10. The quantitative estimate of drug-likeness (QED) is 0.882. The van der Waals surface area contributed by atoms with E-state index < -0.39 is 10.0 Å². The number of benzene rings is 1. The van der Waals surface area contributed by atoms with Crippen molar-refractivity contribution in [3.8, 4) is 0 Å². The maximum Gasteiger partial charge on any atom is 0.241 e. The van der Waals surface area contributed by atoms with Crippen LogP contribution in [0.4, 0.5) is 0 Å². The average molecular weight is 360 g/mol. The molecule has 1 aromatic carbocycles. The highest BCUT2D eigenvalue weighted by atomic mass is 79.9. The topological polar surface area (TPSA) is 46.2 Å². The van der Waals surface area contributed by atoms with Gasteiger partial charge in [0.1, 0.15) is 0 Å². The van der Waals surface area contributed by atoms with Crippen LogP contribution in [0.3, 0.4) is 0 Å². The Balaban J connectivity index is 2.16. The van der Waals surface area contributed by atoms with Gasteiger partial charge in [-0.15, -0.1) is 0 Å². The number of hydrogen-bond donors (Lipinski definition) is 1. The van der Waals surface area contributed by atoms with Crippen LogP contribution < -0.4 is 4.72 Å². The van der Waals surface area contributed by atoms with Gasteiger partial charge in [0.2, 0.25) is 10.0 Å². The first-order valence-corrected chi connectivity index (χ1v) is 9.48. The molecule has 2 unspecified atom stereocenters. The molecule has 0 spiro atoms. The third-order valence-electron chi connectivity index (χ3n) is 4.12. The molecule has 1 N–H and O–H groups in total. The Kier molecular flexibility index (Phi) is 5.26. The van der Waals surface area contributed by atoms with E-state index in [1.165, 1.54) is 6.42 Å². The molecular weight excluding hydrogens is 338 g/mol. The highest BCUT2D eigenvalue weighted by Gasteiger charge is 2.26. The molecular formula is C15H22BrNO2S. The van der Waals surface area contributed by atoms with Crippen LogP contribution in [-0.2, 0) is 10.0 Å². The molecule has 5 heteroatoms. The summed E-state index contributed by atoms with van der Waals surface area (Å²) in [5, 5.41) is 0. The van der Waals surface area contributed by atoms with E-state index in [1.807, 2.05) is 19.1 Å². The Morgan fingerprint density at radius 2 is 2.10 bits per heavy atom. The van der Waals surface area contributed by atoms with Crippen molar-refractivity contribution >= 4 is 26.0 Å². The van der Waals surface area contributed by atoms with Gasteiger partial charge in [0.25, 0.3) is 0 Å². The third-order valence-corrected chi connectivity index (χ3v) is 6.28. The second-order valence-corrected chi connectivity index (χ2v) is 8.27. The number of aryl methyl sites for hydroxylation is 1. The van der Waals surface area contributed by atoms with Gasteiger partial charge < -0.3 is 0 Å². The van der Waals surface area contributed by atoms with Gasteiger partial charge in [-0.05, 0) is 43.4 Å². The summed E-state index contributed by atoms with van der Waals surface area (Å²) in [6, 6.07) is 5.45. The Morgan fingerprint density at radius 3 is 2.80 bits per heavy atom. The van der Waals surface area contributed by atoms with Crippen LogP contribution in [-0.4, -0.2) is 14.5 Å². The zero-order valence-electron chi connectivity index (χ0n) is 12.0. The van der Waals surface area contributed by atoms with E-state index in [9.17, 15) is 8.42 Å². The second kappa shape index (κ2) is 6.58. The second-order valence-electron chi connectivity index (χ2n) is 5.67. The molecule has 0 radical (unpaired) electrons. The number of nitrogens with one attached hydrogen (secondary N) is 1. The lowest BCUT2D eigenvalue weighted by Crippen LogP contribution is -2.38. The lowest BCUT2D eigenvalue weighted by Gasteiger charge is -2.29. The first-order chi connectivity index (χ1) is 9.42. The zero-order valence-corrected chi connectivity index (χ0v) is 14.4. The van der Waals surface area contributed by atoms with Crippen LogP contribution in [0.1, 0.15) is 44.6 Å². The van der Waals surface area contributed by atoms with Gasteiger partial charge in [0, 0.05) is 10.5 Å². The maximum absolute atomic E-state index is 12.5. The predicted molar refractivity (Wildman–Crippen MR) is 85.2 cm³/mol. The Labute approximate surface area is 130 Å². The number of sulfonamides is 1. The summed E-state index contributed by atoms with van der Waals surface area (Å²) in [5.74, 6) is 0.653. The van der Waals surface area contributed by atoms with E-state index in [1.54, 1.807) is 6.07 Å². The van der Waals surface area contributed by atoms with Crippen LogP contribution in [0, 0.1) is 12.8 Å². The maximum atomic E-state index is 12.5. The van der Waals surface area contributed by atoms with E-state index in [0.717, 1.165) is 35.7 Å². The Morgan fingerprint density at radius 1 is 1.35 bits per heavy atom. The van der Waals surface area contributed by atoms with Crippen LogP contribution in [0.25, 0.3) is 0 Å². The van der Waals surface area contributed by atoms with Crippen molar-refractivity contribution in [1.29, 1.82) is 0 Å². The summed E-state index contributed by atoms with van der Waals surface area (Å²) in [6.07, 6.45) is 5.38. The summed E-state index contributed by atoms with van der Waals surface area (Å²) in [7, 11) is -3.42. The molecule has 0 bridgehead atoms. The third kappa shape index (κ3) is 3.83. The monoisotopic (exact) mass is 359 g/mol. The van der Waals surface area contributed by atoms with Crippen molar-refractivity contribution in [2.24, 2.45) is 5.92 Å². The summed E-state index contributed by atoms with van der Waals surface area (Å²) < 4.78 is 28.8. The van der Waals surface area contributed by atoms with Crippen molar-refractivity contribution in [3.05, 3.63) is 28.2 Å². The van der Waals surface area contributed by atoms with Crippen molar-refractivity contribution < 1.29 is 8.42 Å². The van der Waals surface area contributed by atoms with Crippen molar-refractivity contribution in [1.82, 2.24) is 4.72 Å². The molecule has 0 saturated heterocycles. The van der Waals surface area contributed by atoms with Crippen LogP contribution in [0.2, 0.25) is 0 Å². The fraction of sp³-hybridized carbons (Fsp3) is 0.600. The van der Waals surface area contributed by atoms with E-state index >= 15 is 0 Å². The lowest BCUT2D eigenvalue weighted by atomic mass is 9.85. The van der Waals surface area contributed by atoms with Gasteiger partial charge in [0.05, 0.1) is 4.90 Å². The molecule has 1 aliphatic carbocycles. The van der Waals surface area contributed by atoms with Gasteiger partial charge in [-0.3, -0.25) is 0 Å². The summed E-state index contributed by atoms with van der Waals surface area (Å²) >= 11 is 3.34. The minimum atomic E-state index is -3.42. The van der Waals surface area contributed by atoms with Crippen molar-refractivity contribution in [3.63, 3.8) is 0 Å². The van der Waals surface area contributed by atoms with Crippen molar-refractivity contribution in [2.75, 3.05) is 0 Å². The zero-order chi connectivity index (χ0) is 14.8. The predicted octanol–water partition coefficient (Wildman–Crippen LogP) is 4.00. The molecule has 0 aromatic heterocycles.